The zero-order valence-electron chi connectivity index (χ0n) is 3.94. The fourth-order valence-corrected chi connectivity index (χ4v) is 0. The van der Waals surface area contributed by atoms with Crippen molar-refractivity contribution in [1.29, 1.82) is 0 Å². The van der Waals surface area contributed by atoms with Gasteiger partial charge >= 0.3 is 5.97 Å². The van der Waals surface area contributed by atoms with Gasteiger partial charge in [-0.25, -0.2) is 4.79 Å². The van der Waals surface area contributed by atoms with Gasteiger partial charge in [0.2, 0.25) is 0 Å². The van der Waals surface area contributed by atoms with Crippen molar-refractivity contribution < 1.29 is 59.3 Å². The molecular weight excluding hydrogens is 232 g/mol. The third kappa shape index (κ3) is 6.79. The molecule has 0 aliphatic rings. The Kier molecular flexibility index (Phi) is 7.57. The molecule has 0 atom stereocenters. The van der Waals surface area contributed by atoms with Crippen LogP contribution in [0, 0.1) is 49.4 Å². The van der Waals surface area contributed by atoms with E-state index in [9.17, 15) is 4.79 Å². The number of carbonyl (C=O) groups is 1. The molecule has 0 heterocycles. The molecule has 0 aliphatic heterocycles. The maximum Gasteiger partial charge on any atom is 0.330 e. The van der Waals surface area contributed by atoms with Gasteiger partial charge in [0.1, 0.15) is 0 Å². The molecule has 3 heteroatoms. The second kappa shape index (κ2) is 4.94. The van der Waals surface area contributed by atoms with Crippen molar-refractivity contribution in [3.05, 3.63) is 12.2 Å². The predicted octanol–water partition coefficient (Wildman–Crippen LogP) is 0.647. The first kappa shape index (κ1) is 10.7. The van der Waals surface area contributed by atoms with Crippen LogP contribution in [0.2, 0.25) is 0 Å². The van der Waals surface area contributed by atoms with Crippen LogP contribution in [0.4, 0.5) is 0 Å². The van der Waals surface area contributed by atoms with E-state index in [2.05, 4.69) is 6.58 Å². The van der Waals surface area contributed by atoms with Gasteiger partial charge in [0.25, 0.3) is 0 Å². The van der Waals surface area contributed by atoms with Crippen molar-refractivity contribution in [3.63, 3.8) is 0 Å². The zero-order chi connectivity index (χ0) is 5.15. The Morgan fingerprint density at radius 2 is 1.86 bits per heavy atom. The van der Waals surface area contributed by atoms with Gasteiger partial charge in [-0.15, -0.1) is 0 Å². The molecule has 1 radical (unpaired) electrons. The molecule has 2 nitrogen and oxygen atoms in total. The van der Waals surface area contributed by atoms with Crippen LogP contribution in [0.15, 0.2) is 12.2 Å². The van der Waals surface area contributed by atoms with Gasteiger partial charge in [0.05, 0.1) is 0 Å². The molecule has 0 bridgehead atoms. The Morgan fingerprint density at radius 1 is 1.71 bits per heavy atom. The summed E-state index contributed by atoms with van der Waals surface area (Å²) in [5, 5.41) is 7.89. The fraction of sp³-hybridized carbons (Fsp3) is 0.250. The summed E-state index contributed by atoms with van der Waals surface area (Å²) in [6, 6.07) is 0. The summed E-state index contributed by atoms with van der Waals surface area (Å²) in [6.07, 6.45) is 0. The van der Waals surface area contributed by atoms with Crippen LogP contribution in [-0.2, 0) is 4.79 Å². The van der Waals surface area contributed by atoms with Crippen LogP contribution >= 0.6 is 0 Å². The van der Waals surface area contributed by atoms with Gasteiger partial charge in [-0.3, -0.25) is 0 Å². The van der Waals surface area contributed by atoms with Crippen molar-refractivity contribution in [2.45, 2.75) is 6.92 Å². The van der Waals surface area contributed by atoms with Crippen LogP contribution in [0.5, 0.6) is 0 Å². The van der Waals surface area contributed by atoms with Gasteiger partial charge in [0.15, 0.2) is 0 Å². The number of aliphatic carboxylic acids is 1. The molecule has 41 valence electrons. The SMILES string of the molecule is C=C(C)C(=O)O.[Eu]. The normalized spacial score (nSPS) is 6.43. The molecule has 0 saturated carbocycles. The van der Waals surface area contributed by atoms with Gasteiger partial charge in [-0.2, -0.15) is 0 Å². The molecule has 0 amide bonds. The largest absolute Gasteiger partial charge is 0.478 e. The summed E-state index contributed by atoms with van der Waals surface area (Å²) in [5.41, 5.74) is 0.176. The number of carboxylic acids is 1. The molecule has 0 aromatic carbocycles. The maximum atomic E-state index is 9.60. The van der Waals surface area contributed by atoms with Crippen molar-refractivity contribution in [1.82, 2.24) is 0 Å². The van der Waals surface area contributed by atoms with Gasteiger partial charge < -0.3 is 5.11 Å². The fourth-order valence-electron chi connectivity index (χ4n) is 0. The summed E-state index contributed by atoms with van der Waals surface area (Å²) in [4.78, 5) is 9.60. The molecule has 0 spiro atoms. The van der Waals surface area contributed by atoms with Crippen molar-refractivity contribution in [2.75, 3.05) is 0 Å². The molecule has 0 unspecified atom stereocenters. The zero-order valence-corrected chi connectivity index (χ0v) is 6.37. The number of hydrogen-bond acceptors (Lipinski definition) is 1. The van der Waals surface area contributed by atoms with E-state index in [1.54, 1.807) is 0 Å². The van der Waals surface area contributed by atoms with E-state index in [1.807, 2.05) is 0 Å². The maximum absolute atomic E-state index is 9.60. The van der Waals surface area contributed by atoms with E-state index < -0.39 is 5.97 Å². The number of carboxylic acid groups (broad SMARTS) is 1. The van der Waals surface area contributed by atoms with Crippen molar-refractivity contribution in [3.8, 4) is 0 Å². The minimum atomic E-state index is -0.935. The third-order valence-corrected chi connectivity index (χ3v) is 0.365. The van der Waals surface area contributed by atoms with E-state index >= 15 is 0 Å². The first-order valence-corrected chi connectivity index (χ1v) is 1.53. The van der Waals surface area contributed by atoms with Crippen molar-refractivity contribution in [2.24, 2.45) is 0 Å². The first-order valence-electron chi connectivity index (χ1n) is 1.53. The minimum absolute atomic E-state index is 0. The summed E-state index contributed by atoms with van der Waals surface area (Å²) in [6.45, 7) is 4.60. The smallest absolute Gasteiger partial charge is 0.330 e. The topological polar surface area (TPSA) is 37.3 Å². The molecule has 1 N–H and O–H groups in total. The summed E-state index contributed by atoms with van der Waals surface area (Å²) >= 11 is 0. The van der Waals surface area contributed by atoms with Crippen LogP contribution in [0.1, 0.15) is 6.92 Å². The standard InChI is InChI=1S/C4H6O2.Eu/c1-3(2)4(5)6;/h1H2,2H3,(H,5,6);. The van der Waals surface area contributed by atoms with Crippen molar-refractivity contribution >= 4 is 5.97 Å². The second-order valence-electron chi connectivity index (χ2n) is 1.09. The average molecular weight is 238 g/mol. The summed E-state index contributed by atoms with van der Waals surface area (Å²) in [7, 11) is 0. The van der Waals surface area contributed by atoms with Crippen LogP contribution < -0.4 is 0 Å². The molecule has 7 heavy (non-hydrogen) atoms. The summed E-state index contributed by atoms with van der Waals surface area (Å²) < 4.78 is 0. The summed E-state index contributed by atoms with van der Waals surface area (Å²) in [5.74, 6) is -0.935. The Hall–Kier alpha value is 0.794. The van der Waals surface area contributed by atoms with E-state index in [-0.39, 0.29) is 54.9 Å². The molecule has 0 saturated heterocycles. The Bertz CT molecular complexity index is 75.7. The van der Waals surface area contributed by atoms with Crippen LogP contribution in [0.3, 0.4) is 0 Å². The third-order valence-electron chi connectivity index (χ3n) is 0.365. The number of hydrogen-bond donors (Lipinski definition) is 1. The van der Waals surface area contributed by atoms with Crippen LogP contribution in [0.25, 0.3) is 0 Å². The van der Waals surface area contributed by atoms with Gasteiger partial charge in [0, 0.05) is 54.9 Å². The molecule has 0 aliphatic carbocycles. The minimum Gasteiger partial charge on any atom is -0.478 e. The first-order chi connectivity index (χ1) is 2.64. The van der Waals surface area contributed by atoms with E-state index in [0.717, 1.165) is 0 Å². The average Bonchev–Trinajstić information content (AvgIpc) is 1.36. The molecule has 0 rings (SSSR count). The van der Waals surface area contributed by atoms with Gasteiger partial charge in [-0.1, -0.05) is 6.58 Å². The number of rotatable bonds is 1. The van der Waals surface area contributed by atoms with Gasteiger partial charge in [-0.05, 0) is 6.92 Å². The van der Waals surface area contributed by atoms with E-state index in [1.165, 1.54) is 6.92 Å². The van der Waals surface area contributed by atoms with E-state index in [4.69, 9.17) is 5.11 Å². The Morgan fingerprint density at radius 3 is 1.86 bits per heavy atom. The monoisotopic (exact) mass is 239 g/mol. The molecular formula is C4H6EuO2. The molecule has 0 aromatic heterocycles. The molecule has 0 fully saturated rings. The van der Waals surface area contributed by atoms with Crippen LogP contribution in [-0.4, -0.2) is 11.1 Å². The predicted molar refractivity (Wildman–Crippen MR) is 22.4 cm³/mol. The Balaban J connectivity index is 0. The molecule has 0 aromatic rings. The second-order valence-corrected chi connectivity index (χ2v) is 1.09. The van der Waals surface area contributed by atoms with E-state index in [0.29, 0.717) is 0 Å². The quantitative estimate of drug-likeness (QED) is 0.681. The Labute approximate surface area is 83.1 Å².